The van der Waals surface area contributed by atoms with Gasteiger partial charge in [-0.3, -0.25) is 9.59 Å². The number of ether oxygens (including phenoxy) is 1. The molecule has 10 heavy (non-hydrogen) atoms. The van der Waals surface area contributed by atoms with Crippen molar-refractivity contribution in [2.24, 2.45) is 0 Å². The van der Waals surface area contributed by atoms with Crippen LogP contribution in [-0.4, -0.2) is 24.2 Å². The van der Waals surface area contributed by atoms with Crippen LogP contribution in [0.1, 0.15) is 13.8 Å². The van der Waals surface area contributed by atoms with E-state index >= 15 is 0 Å². The number of carbonyl (C=O) groups is 2. The molecule has 5 heteroatoms. The van der Waals surface area contributed by atoms with E-state index in [0.717, 1.165) is 7.11 Å². The quantitative estimate of drug-likeness (QED) is 0.331. The van der Waals surface area contributed by atoms with Crippen LogP contribution in [0.25, 0.3) is 0 Å². The predicted octanol–water partition coefficient (Wildman–Crippen LogP) is -0.298. The van der Waals surface area contributed by atoms with Gasteiger partial charge in [-0.05, 0) is 0 Å². The Morgan fingerprint density at radius 2 is 1.30 bits per heavy atom. The van der Waals surface area contributed by atoms with Gasteiger partial charge in [0.05, 0.1) is 0 Å². The summed E-state index contributed by atoms with van der Waals surface area (Å²) in [5.74, 6) is -1.12. The van der Waals surface area contributed by atoms with Gasteiger partial charge in [-0.25, -0.2) is 0 Å². The molecule has 0 spiro atoms. The zero-order valence-corrected chi connectivity index (χ0v) is 9.35. The molecule has 0 radical (unpaired) electrons. The van der Waals surface area contributed by atoms with Crippen molar-refractivity contribution in [1.29, 1.82) is 0 Å². The van der Waals surface area contributed by atoms with E-state index in [1.165, 1.54) is 13.8 Å². The molecule has 0 saturated carbocycles. The summed E-state index contributed by atoms with van der Waals surface area (Å²) >= 11 is 0. The molecule has 0 bridgehead atoms. The van der Waals surface area contributed by atoms with Crippen molar-refractivity contribution >= 4 is 11.9 Å². The number of rotatable bonds is 0. The standard InChI is InChI=1S/C4H6O3.CH4O.Zn/c1-3(5)7-4(2)6;1-2;/h1-2H3;2H,1H3;. The zero-order valence-electron chi connectivity index (χ0n) is 6.38. The molecule has 0 atom stereocenters. The summed E-state index contributed by atoms with van der Waals surface area (Å²) in [5.41, 5.74) is 0. The van der Waals surface area contributed by atoms with Gasteiger partial charge in [0.15, 0.2) is 0 Å². The average Bonchev–Trinajstić information content (AvgIpc) is 1.68. The molecule has 0 heterocycles. The molecule has 0 amide bonds. The predicted molar refractivity (Wildman–Crippen MR) is 30.6 cm³/mol. The summed E-state index contributed by atoms with van der Waals surface area (Å²) in [6.45, 7) is 2.36. The van der Waals surface area contributed by atoms with Crippen molar-refractivity contribution in [3.05, 3.63) is 0 Å². The van der Waals surface area contributed by atoms with E-state index in [-0.39, 0.29) is 19.5 Å². The first-order valence-electron chi connectivity index (χ1n) is 2.26. The van der Waals surface area contributed by atoms with E-state index < -0.39 is 11.9 Å². The van der Waals surface area contributed by atoms with Crippen molar-refractivity contribution < 1.29 is 38.9 Å². The van der Waals surface area contributed by atoms with Crippen LogP contribution in [0.15, 0.2) is 0 Å². The van der Waals surface area contributed by atoms with E-state index in [4.69, 9.17) is 5.11 Å². The first-order valence-corrected chi connectivity index (χ1v) is 2.26. The van der Waals surface area contributed by atoms with Crippen LogP contribution < -0.4 is 0 Å². The molecule has 0 aliphatic heterocycles. The number of aliphatic hydroxyl groups excluding tert-OH is 1. The van der Waals surface area contributed by atoms with Crippen LogP contribution in [-0.2, 0) is 33.8 Å². The van der Waals surface area contributed by atoms with Gasteiger partial charge in [0.2, 0.25) is 0 Å². The summed E-state index contributed by atoms with van der Waals surface area (Å²) in [5, 5.41) is 7.00. The summed E-state index contributed by atoms with van der Waals surface area (Å²) in [6.07, 6.45) is 0. The maximum atomic E-state index is 9.81. The number of hydrogen-bond donors (Lipinski definition) is 1. The van der Waals surface area contributed by atoms with Crippen LogP contribution in [0, 0.1) is 0 Å². The molecule has 4 nitrogen and oxygen atoms in total. The molecule has 0 aliphatic rings. The van der Waals surface area contributed by atoms with E-state index in [1.807, 2.05) is 0 Å². The molecule has 0 saturated heterocycles. The van der Waals surface area contributed by atoms with Crippen LogP contribution in [0.3, 0.4) is 0 Å². The van der Waals surface area contributed by atoms with Crippen LogP contribution in [0.5, 0.6) is 0 Å². The van der Waals surface area contributed by atoms with E-state index in [1.54, 1.807) is 0 Å². The Labute approximate surface area is 72.3 Å². The van der Waals surface area contributed by atoms with E-state index in [0.29, 0.717) is 0 Å². The minimum absolute atomic E-state index is 0. The molecular weight excluding hydrogens is 189 g/mol. The largest absolute Gasteiger partial charge is 0.400 e. The molecule has 0 rings (SSSR count). The Morgan fingerprint density at radius 1 is 1.10 bits per heavy atom. The number of hydrogen-bond acceptors (Lipinski definition) is 4. The van der Waals surface area contributed by atoms with Gasteiger partial charge in [-0.1, -0.05) is 0 Å². The minimum Gasteiger partial charge on any atom is -0.400 e. The van der Waals surface area contributed by atoms with Gasteiger partial charge in [0.1, 0.15) is 0 Å². The second-order valence-corrected chi connectivity index (χ2v) is 1.09. The first-order chi connectivity index (χ1) is 4.13. The summed E-state index contributed by atoms with van der Waals surface area (Å²) in [7, 11) is 1.00. The number of carbonyl (C=O) groups excluding carboxylic acids is 2. The van der Waals surface area contributed by atoms with Crippen molar-refractivity contribution in [1.82, 2.24) is 0 Å². The Bertz CT molecular complexity index is 89.8. The summed E-state index contributed by atoms with van der Waals surface area (Å²) in [6, 6.07) is 0. The van der Waals surface area contributed by atoms with Gasteiger partial charge in [-0.2, -0.15) is 0 Å². The Hall–Kier alpha value is -0.277. The molecule has 0 aliphatic carbocycles. The van der Waals surface area contributed by atoms with Crippen molar-refractivity contribution in [2.45, 2.75) is 13.8 Å². The van der Waals surface area contributed by atoms with Crippen molar-refractivity contribution in [3.63, 3.8) is 0 Å². The van der Waals surface area contributed by atoms with Crippen LogP contribution >= 0.6 is 0 Å². The molecule has 56 valence electrons. The monoisotopic (exact) mass is 198 g/mol. The molecular formula is C5H10O4Zn. The van der Waals surface area contributed by atoms with Crippen LogP contribution in [0.4, 0.5) is 0 Å². The number of esters is 2. The van der Waals surface area contributed by atoms with Crippen molar-refractivity contribution in [3.8, 4) is 0 Å². The fraction of sp³-hybridized carbons (Fsp3) is 0.600. The van der Waals surface area contributed by atoms with Gasteiger partial charge in [0.25, 0.3) is 0 Å². The zero-order chi connectivity index (χ0) is 7.86. The maximum Gasteiger partial charge on any atom is 0.310 e. The van der Waals surface area contributed by atoms with E-state index in [2.05, 4.69) is 4.74 Å². The third-order valence-corrected chi connectivity index (χ3v) is 0.287. The second-order valence-electron chi connectivity index (χ2n) is 1.09. The summed E-state index contributed by atoms with van der Waals surface area (Å²) in [4.78, 5) is 19.6. The third kappa shape index (κ3) is 25.2. The maximum absolute atomic E-state index is 9.81. The molecule has 0 unspecified atom stereocenters. The first kappa shape index (κ1) is 16.4. The van der Waals surface area contributed by atoms with Gasteiger partial charge >= 0.3 is 11.9 Å². The molecule has 0 aromatic rings. The molecule has 0 aromatic heterocycles. The van der Waals surface area contributed by atoms with Gasteiger partial charge < -0.3 is 9.84 Å². The second kappa shape index (κ2) is 11.5. The van der Waals surface area contributed by atoms with E-state index in [9.17, 15) is 9.59 Å². The van der Waals surface area contributed by atoms with Gasteiger partial charge in [-0.15, -0.1) is 0 Å². The molecule has 1 N–H and O–H groups in total. The SMILES string of the molecule is CC(=O)OC(C)=O.CO.[Zn]. The van der Waals surface area contributed by atoms with Gasteiger partial charge in [0, 0.05) is 40.4 Å². The molecule has 0 fully saturated rings. The number of aliphatic hydroxyl groups is 1. The minimum atomic E-state index is -0.562. The fourth-order valence-corrected chi connectivity index (χ4v) is 0.202. The normalized spacial score (nSPS) is 6.00. The topological polar surface area (TPSA) is 63.6 Å². The Morgan fingerprint density at radius 3 is 1.30 bits per heavy atom. The smallest absolute Gasteiger partial charge is 0.310 e. The Balaban J connectivity index is -0.000000149. The Kier molecular flexibility index (Phi) is 18.8. The fourth-order valence-electron chi connectivity index (χ4n) is 0.202. The van der Waals surface area contributed by atoms with Crippen molar-refractivity contribution in [2.75, 3.05) is 7.11 Å². The third-order valence-electron chi connectivity index (χ3n) is 0.287. The molecule has 0 aromatic carbocycles. The summed E-state index contributed by atoms with van der Waals surface area (Å²) < 4.78 is 3.97. The van der Waals surface area contributed by atoms with Crippen LogP contribution in [0.2, 0.25) is 0 Å². The average molecular weight is 200 g/mol.